The molecule has 0 saturated carbocycles. The first-order valence-corrected chi connectivity index (χ1v) is 12.1. The van der Waals surface area contributed by atoms with Gasteiger partial charge in [-0.25, -0.2) is 8.42 Å². The van der Waals surface area contributed by atoms with Crippen LogP contribution in [-0.2, 0) is 14.8 Å². The van der Waals surface area contributed by atoms with E-state index in [2.05, 4.69) is 24.1 Å². The smallest absolute Gasteiger partial charge is 0.251 e. The van der Waals surface area contributed by atoms with Crippen molar-refractivity contribution < 1.29 is 17.9 Å². The topological polar surface area (TPSA) is 79.0 Å². The number of carbonyl (C=O) groups excluding carboxylic acids is 1. The Labute approximate surface area is 175 Å². The summed E-state index contributed by atoms with van der Waals surface area (Å²) in [5, 5.41) is 2.72. The van der Waals surface area contributed by atoms with Crippen molar-refractivity contribution in [3.8, 4) is 0 Å². The number of hydrogen-bond donors (Lipinski definition) is 1. The number of morpholine rings is 1. The molecule has 1 aliphatic heterocycles. The Bertz CT molecular complexity index is 742. The Morgan fingerprint density at radius 1 is 1.17 bits per heavy atom. The summed E-state index contributed by atoms with van der Waals surface area (Å²) in [6.45, 7) is 10.7. The van der Waals surface area contributed by atoms with E-state index in [4.69, 9.17) is 4.74 Å². The fraction of sp³-hybridized carbons (Fsp3) is 0.667. The Morgan fingerprint density at radius 3 is 2.34 bits per heavy atom. The first kappa shape index (κ1) is 23.6. The predicted octanol–water partition coefficient (Wildman–Crippen LogP) is 2.48. The molecule has 0 bridgehead atoms. The molecular weight excluding hydrogens is 390 g/mol. The summed E-state index contributed by atoms with van der Waals surface area (Å²) < 4.78 is 32.1. The fourth-order valence-corrected chi connectivity index (χ4v) is 5.02. The lowest BCUT2D eigenvalue weighted by molar-refractivity contribution is -0.0440. The van der Waals surface area contributed by atoms with Gasteiger partial charge in [-0.05, 0) is 51.5 Å². The number of unbranched alkanes of at least 4 members (excludes halogenated alkanes) is 1. The van der Waals surface area contributed by atoms with Crippen molar-refractivity contribution in [1.29, 1.82) is 0 Å². The number of nitrogens with zero attached hydrogens (tertiary/aromatic N) is 2. The summed E-state index contributed by atoms with van der Waals surface area (Å²) in [6.07, 6.45) is 2.02. The van der Waals surface area contributed by atoms with Gasteiger partial charge >= 0.3 is 0 Å². The van der Waals surface area contributed by atoms with Gasteiger partial charge < -0.3 is 15.0 Å². The molecular formula is C21H35N3O4S. The summed E-state index contributed by atoms with van der Waals surface area (Å²) in [5.74, 6) is -0.372. The molecule has 0 spiro atoms. The number of amides is 1. The first-order chi connectivity index (χ1) is 13.8. The van der Waals surface area contributed by atoms with Gasteiger partial charge in [0.15, 0.2) is 0 Å². The third-order valence-electron chi connectivity index (χ3n) is 5.08. The van der Waals surface area contributed by atoms with Gasteiger partial charge in [-0.3, -0.25) is 4.79 Å². The zero-order valence-electron chi connectivity index (χ0n) is 18.1. The summed E-state index contributed by atoms with van der Waals surface area (Å²) in [7, 11) is -3.43. The van der Waals surface area contributed by atoms with Crippen LogP contribution in [0.5, 0.6) is 0 Å². The second kappa shape index (κ2) is 10.9. The van der Waals surface area contributed by atoms with Crippen LogP contribution in [0.2, 0.25) is 0 Å². The zero-order chi connectivity index (χ0) is 21.4. The fourth-order valence-electron chi connectivity index (χ4n) is 3.52. The van der Waals surface area contributed by atoms with Crippen LogP contribution in [0.25, 0.3) is 0 Å². The molecule has 1 amide bonds. The van der Waals surface area contributed by atoms with Gasteiger partial charge in [0.1, 0.15) is 0 Å². The number of hydrogen-bond acceptors (Lipinski definition) is 5. The summed E-state index contributed by atoms with van der Waals surface area (Å²) in [6, 6.07) is 7.47. The third kappa shape index (κ3) is 6.97. The highest BCUT2D eigenvalue weighted by Gasteiger charge is 2.30. The molecule has 1 aromatic carbocycles. The van der Waals surface area contributed by atoms with Gasteiger partial charge in [0.25, 0.3) is 5.91 Å². The van der Waals surface area contributed by atoms with Crippen LogP contribution in [0.1, 0.15) is 50.9 Å². The molecule has 2 rings (SSSR count). The van der Waals surface area contributed by atoms with Crippen LogP contribution in [0.15, 0.2) is 24.3 Å². The van der Waals surface area contributed by atoms with Crippen molar-refractivity contribution in [2.24, 2.45) is 0 Å². The molecule has 8 heteroatoms. The zero-order valence-corrected chi connectivity index (χ0v) is 18.9. The maximum atomic E-state index is 12.5. The van der Waals surface area contributed by atoms with Crippen LogP contribution in [0.4, 0.5) is 5.69 Å². The van der Waals surface area contributed by atoms with Crippen molar-refractivity contribution in [1.82, 2.24) is 9.62 Å². The summed E-state index contributed by atoms with van der Waals surface area (Å²) in [4.78, 5) is 14.7. The monoisotopic (exact) mass is 425 g/mol. The van der Waals surface area contributed by atoms with Crippen molar-refractivity contribution in [2.45, 2.75) is 52.7 Å². The van der Waals surface area contributed by atoms with E-state index in [1.54, 1.807) is 12.1 Å². The molecule has 1 N–H and O–H groups in total. The van der Waals surface area contributed by atoms with E-state index in [1.165, 1.54) is 4.31 Å². The molecule has 1 saturated heterocycles. The number of sulfonamides is 1. The number of anilines is 1. The van der Waals surface area contributed by atoms with E-state index in [9.17, 15) is 13.2 Å². The second-order valence-corrected chi connectivity index (χ2v) is 9.71. The molecule has 0 radical (unpaired) electrons. The molecule has 1 heterocycles. The Kier molecular flexibility index (Phi) is 8.92. The molecule has 2 atom stereocenters. The number of nitrogens with one attached hydrogen (secondary N) is 1. The van der Waals surface area contributed by atoms with E-state index >= 15 is 0 Å². The first-order valence-electron chi connectivity index (χ1n) is 10.5. The highest BCUT2D eigenvalue weighted by Crippen LogP contribution is 2.17. The van der Waals surface area contributed by atoms with Crippen molar-refractivity contribution in [2.75, 3.05) is 43.4 Å². The van der Waals surface area contributed by atoms with Crippen LogP contribution in [0.3, 0.4) is 0 Å². The quantitative estimate of drug-likeness (QED) is 0.623. The predicted molar refractivity (Wildman–Crippen MR) is 117 cm³/mol. The third-order valence-corrected chi connectivity index (χ3v) is 6.89. The van der Waals surface area contributed by atoms with Gasteiger partial charge in [0.2, 0.25) is 10.0 Å². The number of benzene rings is 1. The summed E-state index contributed by atoms with van der Waals surface area (Å²) >= 11 is 0. The van der Waals surface area contributed by atoms with Gasteiger partial charge in [0, 0.05) is 44.0 Å². The van der Waals surface area contributed by atoms with Gasteiger partial charge in [-0.15, -0.1) is 0 Å². The standard InChI is InChI=1S/C21H35N3O4S/c1-5-7-13-23(6-2)20-10-8-19(9-11-20)21(25)22-12-14-29(26,27)24-15-17(3)28-18(4)16-24/h8-11,17-18H,5-7,12-16H2,1-4H3,(H,22,25). The molecule has 1 aromatic rings. The maximum absolute atomic E-state index is 12.5. The molecule has 2 unspecified atom stereocenters. The normalized spacial score (nSPS) is 20.4. The number of rotatable bonds is 10. The van der Waals surface area contributed by atoms with E-state index in [0.717, 1.165) is 31.6 Å². The van der Waals surface area contributed by atoms with Crippen LogP contribution in [-0.4, -0.2) is 69.3 Å². The van der Waals surface area contributed by atoms with Gasteiger partial charge in [-0.1, -0.05) is 13.3 Å². The highest BCUT2D eigenvalue weighted by atomic mass is 32.2. The minimum absolute atomic E-state index is 0.0840. The lowest BCUT2D eigenvalue weighted by Gasteiger charge is -2.34. The second-order valence-electron chi connectivity index (χ2n) is 7.63. The van der Waals surface area contributed by atoms with Crippen LogP contribution < -0.4 is 10.2 Å². The van der Waals surface area contributed by atoms with Crippen molar-refractivity contribution >= 4 is 21.6 Å². The van der Waals surface area contributed by atoms with Gasteiger partial charge in [-0.2, -0.15) is 4.31 Å². The van der Waals surface area contributed by atoms with Crippen molar-refractivity contribution in [3.05, 3.63) is 29.8 Å². The Hall–Kier alpha value is -1.64. The van der Waals surface area contributed by atoms with E-state index in [-0.39, 0.29) is 30.4 Å². The highest BCUT2D eigenvalue weighted by molar-refractivity contribution is 7.89. The average molecular weight is 426 g/mol. The molecule has 29 heavy (non-hydrogen) atoms. The number of carbonyl (C=O) groups is 1. The van der Waals surface area contributed by atoms with Crippen molar-refractivity contribution in [3.63, 3.8) is 0 Å². The maximum Gasteiger partial charge on any atom is 0.251 e. The lowest BCUT2D eigenvalue weighted by atomic mass is 10.1. The number of ether oxygens (including phenoxy) is 1. The lowest BCUT2D eigenvalue weighted by Crippen LogP contribution is -2.49. The Balaban J connectivity index is 1.87. The summed E-state index contributed by atoms with van der Waals surface area (Å²) in [5.41, 5.74) is 1.63. The minimum Gasteiger partial charge on any atom is -0.373 e. The van der Waals surface area contributed by atoms with E-state index in [0.29, 0.717) is 18.7 Å². The molecule has 0 aromatic heterocycles. The molecule has 1 fully saturated rings. The SMILES string of the molecule is CCCCN(CC)c1ccc(C(=O)NCCS(=O)(=O)N2CC(C)OC(C)C2)cc1. The van der Waals surface area contributed by atoms with Crippen LogP contribution >= 0.6 is 0 Å². The van der Waals surface area contributed by atoms with E-state index in [1.807, 2.05) is 26.0 Å². The largest absolute Gasteiger partial charge is 0.373 e. The van der Waals surface area contributed by atoms with E-state index < -0.39 is 10.0 Å². The molecule has 0 aliphatic carbocycles. The average Bonchev–Trinajstić information content (AvgIpc) is 2.68. The molecule has 1 aliphatic rings. The minimum atomic E-state index is -3.43. The Morgan fingerprint density at radius 2 is 1.79 bits per heavy atom. The molecule has 7 nitrogen and oxygen atoms in total. The molecule has 164 valence electrons. The van der Waals surface area contributed by atoms with Gasteiger partial charge in [0.05, 0.1) is 18.0 Å². The van der Waals surface area contributed by atoms with Crippen LogP contribution in [0, 0.1) is 0 Å².